The van der Waals surface area contributed by atoms with E-state index in [1.807, 2.05) is 37.8 Å². The van der Waals surface area contributed by atoms with Gasteiger partial charge in [0, 0.05) is 39.9 Å². The summed E-state index contributed by atoms with van der Waals surface area (Å²) in [6.07, 6.45) is 0.876. The van der Waals surface area contributed by atoms with E-state index in [1.165, 1.54) is 0 Å². The normalized spacial score (nSPS) is 11.5. The highest BCUT2D eigenvalue weighted by Gasteiger charge is 2.09. The van der Waals surface area contributed by atoms with Crippen molar-refractivity contribution in [2.45, 2.75) is 33.7 Å². The number of hydrogen-bond donors (Lipinski definition) is 2. The van der Waals surface area contributed by atoms with E-state index in [0.29, 0.717) is 32.1 Å². The molecular formula is C20H35FN4O2. The van der Waals surface area contributed by atoms with Crippen LogP contribution in [0.1, 0.15) is 32.8 Å². The molecule has 1 rings (SSSR count). The van der Waals surface area contributed by atoms with Crippen LogP contribution in [0.3, 0.4) is 0 Å². The van der Waals surface area contributed by atoms with Gasteiger partial charge in [-0.25, -0.2) is 9.38 Å². The molecule has 0 bridgehead atoms. The van der Waals surface area contributed by atoms with Crippen LogP contribution in [0.4, 0.5) is 10.1 Å². The Hall–Kier alpha value is -1.86. The molecule has 0 aliphatic rings. The smallest absolute Gasteiger partial charge is 0.191 e. The average molecular weight is 383 g/mol. The van der Waals surface area contributed by atoms with Crippen LogP contribution in [0.25, 0.3) is 0 Å². The van der Waals surface area contributed by atoms with Gasteiger partial charge in [-0.05, 0) is 44.9 Å². The van der Waals surface area contributed by atoms with Gasteiger partial charge in [0.2, 0.25) is 0 Å². The Kier molecular flexibility index (Phi) is 12.2. The van der Waals surface area contributed by atoms with Gasteiger partial charge in [-0.1, -0.05) is 6.07 Å². The minimum atomic E-state index is -0.197. The molecule has 0 saturated heterocycles. The third-order valence-electron chi connectivity index (χ3n) is 4.07. The second-order valence-electron chi connectivity index (χ2n) is 6.04. The van der Waals surface area contributed by atoms with Crippen LogP contribution < -0.4 is 15.5 Å². The van der Waals surface area contributed by atoms with E-state index in [0.717, 1.165) is 44.1 Å². The molecule has 0 heterocycles. The fourth-order valence-electron chi connectivity index (χ4n) is 2.61. The first-order valence-electron chi connectivity index (χ1n) is 9.78. The van der Waals surface area contributed by atoms with Crippen molar-refractivity contribution >= 4 is 11.6 Å². The molecule has 0 radical (unpaired) electrons. The van der Waals surface area contributed by atoms with E-state index >= 15 is 0 Å². The monoisotopic (exact) mass is 382 g/mol. The summed E-state index contributed by atoms with van der Waals surface area (Å²) in [4.78, 5) is 6.54. The summed E-state index contributed by atoms with van der Waals surface area (Å²) in [5.74, 6) is 0.528. The van der Waals surface area contributed by atoms with Crippen LogP contribution in [0, 0.1) is 5.82 Å². The Morgan fingerprint density at radius 1 is 1.11 bits per heavy atom. The molecule has 0 aliphatic carbocycles. The number of halogens is 1. The lowest BCUT2D eigenvalue weighted by molar-refractivity contribution is 0.0698. The van der Waals surface area contributed by atoms with Crippen molar-refractivity contribution in [2.24, 2.45) is 4.99 Å². The van der Waals surface area contributed by atoms with E-state index < -0.39 is 0 Å². The summed E-state index contributed by atoms with van der Waals surface area (Å²) in [6.45, 7) is 11.5. The molecule has 2 N–H and O–H groups in total. The van der Waals surface area contributed by atoms with Gasteiger partial charge < -0.3 is 25.0 Å². The predicted molar refractivity (Wildman–Crippen MR) is 110 cm³/mol. The van der Waals surface area contributed by atoms with E-state index in [2.05, 4.69) is 15.6 Å². The molecule has 0 aromatic heterocycles. The Bertz CT molecular complexity index is 551. The van der Waals surface area contributed by atoms with Crippen LogP contribution >= 0.6 is 0 Å². The van der Waals surface area contributed by atoms with Crippen molar-refractivity contribution in [3.05, 3.63) is 29.6 Å². The van der Waals surface area contributed by atoms with Crippen molar-refractivity contribution in [3.8, 4) is 0 Å². The first kappa shape index (κ1) is 23.2. The standard InChI is InChI=1S/C20H35FN4O2/c1-5-22-20(23-11-8-12-27-14-13-26-4)24-16-17-9-10-19(18(21)15-17)25(6-2)7-3/h9-10,15H,5-8,11-14,16H2,1-4H3,(H2,22,23,24). The van der Waals surface area contributed by atoms with E-state index in [9.17, 15) is 4.39 Å². The zero-order valence-electron chi connectivity index (χ0n) is 17.2. The molecule has 1 aromatic rings. The number of benzene rings is 1. The second-order valence-corrected chi connectivity index (χ2v) is 6.04. The molecule has 0 fully saturated rings. The van der Waals surface area contributed by atoms with Crippen molar-refractivity contribution in [1.82, 2.24) is 10.6 Å². The minimum absolute atomic E-state index is 0.197. The number of hydrogen-bond acceptors (Lipinski definition) is 4. The zero-order valence-corrected chi connectivity index (χ0v) is 17.2. The van der Waals surface area contributed by atoms with Crippen LogP contribution in [-0.2, 0) is 16.0 Å². The maximum atomic E-state index is 14.4. The minimum Gasteiger partial charge on any atom is -0.382 e. The van der Waals surface area contributed by atoms with Gasteiger partial charge in [-0.3, -0.25) is 0 Å². The summed E-state index contributed by atoms with van der Waals surface area (Å²) < 4.78 is 24.7. The molecule has 1 aromatic carbocycles. The third kappa shape index (κ3) is 9.06. The summed E-state index contributed by atoms with van der Waals surface area (Å²) in [7, 11) is 1.66. The van der Waals surface area contributed by atoms with E-state index in [1.54, 1.807) is 13.2 Å². The fraction of sp³-hybridized carbons (Fsp3) is 0.650. The van der Waals surface area contributed by atoms with Crippen molar-refractivity contribution in [1.29, 1.82) is 0 Å². The van der Waals surface area contributed by atoms with E-state index in [4.69, 9.17) is 9.47 Å². The van der Waals surface area contributed by atoms with Crippen molar-refractivity contribution in [2.75, 3.05) is 58.0 Å². The third-order valence-corrected chi connectivity index (χ3v) is 4.07. The lowest BCUT2D eigenvalue weighted by Crippen LogP contribution is -2.38. The maximum Gasteiger partial charge on any atom is 0.191 e. The summed E-state index contributed by atoms with van der Waals surface area (Å²) in [6, 6.07) is 5.35. The summed E-state index contributed by atoms with van der Waals surface area (Å²) >= 11 is 0. The molecule has 27 heavy (non-hydrogen) atoms. The van der Waals surface area contributed by atoms with E-state index in [-0.39, 0.29) is 5.82 Å². The lowest BCUT2D eigenvalue weighted by atomic mass is 10.2. The number of guanidine groups is 1. The summed E-state index contributed by atoms with van der Waals surface area (Å²) in [5.41, 5.74) is 1.50. The highest BCUT2D eigenvalue weighted by molar-refractivity contribution is 5.79. The van der Waals surface area contributed by atoms with Crippen LogP contribution in [-0.4, -0.2) is 59.1 Å². The largest absolute Gasteiger partial charge is 0.382 e. The highest BCUT2D eigenvalue weighted by Crippen LogP contribution is 2.20. The number of anilines is 1. The lowest BCUT2D eigenvalue weighted by Gasteiger charge is -2.21. The number of aliphatic imine (C=N–C) groups is 1. The van der Waals surface area contributed by atoms with Crippen LogP contribution in [0.15, 0.2) is 23.2 Å². The zero-order chi connectivity index (χ0) is 19.9. The fourth-order valence-corrected chi connectivity index (χ4v) is 2.61. The van der Waals surface area contributed by atoms with Crippen LogP contribution in [0.2, 0.25) is 0 Å². The molecule has 154 valence electrons. The van der Waals surface area contributed by atoms with Gasteiger partial charge >= 0.3 is 0 Å². The number of nitrogens with one attached hydrogen (secondary N) is 2. The average Bonchev–Trinajstić information content (AvgIpc) is 2.67. The van der Waals surface area contributed by atoms with Gasteiger partial charge in [0.05, 0.1) is 25.4 Å². The van der Waals surface area contributed by atoms with Gasteiger partial charge in [0.1, 0.15) is 5.82 Å². The quantitative estimate of drug-likeness (QED) is 0.312. The summed E-state index contributed by atoms with van der Waals surface area (Å²) in [5, 5.41) is 6.47. The topological polar surface area (TPSA) is 58.1 Å². The SMILES string of the molecule is CCNC(=NCc1ccc(N(CC)CC)c(F)c1)NCCCOCCOC. The first-order valence-corrected chi connectivity index (χ1v) is 9.78. The Balaban J connectivity index is 2.53. The molecule has 0 unspecified atom stereocenters. The molecule has 0 aliphatic heterocycles. The molecule has 0 saturated carbocycles. The predicted octanol–water partition coefficient (Wildman–Crippen LogP) is 2.78. The molecule has 0 atom stereocenters. The van der Waals surface area contributed by atoms with Gasteiger partial charge in [-0.15, -0.1) is 0 Å². The molecular weight excluding hydrogens is 347 g/mol. The van der Waals surface area contributed by atoms with Crippen molar-refractivity contribution < 1.29 is 13.9 Å². The first-order chi connectivity index (χ1) is 13.2. The highest BCUT2D eigenvalue weighted by atomic mass is 19.1. The number of methoxy groups -OCH3 is 1. The maximum absolute atomic E-state index is 14.4. The van der Waals surface area contributed by atoms with Gasteiger partial charge in [-0.2, -0.15) is 0 Å². The van der Waals surface area contributed by atoms with Crippen LogP contribution in [0.5, 0.6) is 0 Å². The Morgan fingerprint density at radius 3 is 2.52 bits per heavy atom. The second kappa shape index (κ2) is 14.2. The number of rotatable bonds is 13. The molecule has 0 amide bonds. The molecule has 7 heteroatoms. The number of ether oxygens (including phenoxy) is 2. The Morgan fingerprint density at radius 2 is 1.89 bits per heavy atom. The number of nitrogens with zero attached hydrogens (tertiary/aromatic N) is 2. The van der Waals surface area contributed by atoms with Gasteiger partial charge in [0.25, 0.3) is 0 Å². The van der Waals surface area contributed by atoms with Crippen molar-refractivity contribution in [3.63, 3.8) is 0 Å². The van der Waals surface area contributed by atoms with Gasteiger partial charge in [0.15, 0.2) is 5.96 Å². The Labute approximate surface area is 163 Å². The molecule has 0 spiro atoms. The molecule has 6 nitrogen and oxygen atoms in total.